The van der Waals surface area contributed by atoms with Crippen LogP contribution in [0.15, 0.2) is 17.2 Å². The molecule has 0 radical (unpaired) electrons. The fourth-order valence-electron chi connectivity index (χ4n) is 2.82. The molecular weight excluding hydrogens is 292 g/mol. The van der Waals surface area contributed by atoms with Crippen LogP contribution in [0.1, 0.15) is 23.3 Å². The van der Waals surface area contributed by atoms with Gasteiger partial charge in [0, 0.05) is 45.5 Å². The Balaban J connectivity index is 1.77. The molecule has 2 aliphatic rings. The Hall–Kier alpha value is -1.38. The third kappa shape index (κ3) is 2.70. The second-order valence-electron chi connectivity index (χ2n) is 5.71. The van der Waals surface area contributed by atoms with E-state index in [4.69, 9.17) is 5.73 Å². The number of carbonyl (C=O) groups is 1. The van der Waals surface area contributed by atoms with Gasteiger partial charge in [0.25, 0.3) is 5.91 Å². The summed E-state index contributed by atoms with van der Waals surface area (Å²) in [6.45, 7) is 2.55. The van der Waals surface area contributed by atoms with Gasteiger partial charge in [-0.1, -0.05) is 0 Å². The molecule has 1 aliphatic carbocycles. The summed E-state index contributed by atoms with van der Waals surface area (Å²) in [4.78, 5) is 13.7. The van der Waals surface area contributed by atoms with Gasteiger partial charge in [-0.25, -0.2) is 8.42 Å². The monoisotopic (exact) mass is 312 g/mol. The van der Waals surface area contributed by atoms with Gasteiger partial charge in [0.15, 0.2) is 0 Å². The van der Waals surface area contributed by atoms with Crippen LogP contribution in [-0.4, -0.2) is 60.3 Å². The van der Waals surface area contributed by atoms with Gasteiger partial charge in [0.05, 0.1) is 0 Å². The molecular formula is C13H20N4O3S. The van der Waals surface area contributed by atoms with E-state index in [2.05, 4.69) is 4.90 Å². The van der Waals surface area contributed by atoms with Crippen molar-refractivity contribution in [1.82, 2.24) is 13.8 Å². The number of sulfonamides is 1. The van der Waals surface area contributed by atoms with Crippen molar-refractivity contribution in [2.75, 3.05) is 26.2 Å². The van der Waals surface area contributed by atoms with Gasteiger partial charge < -0.3 is 10.3 Å². The second kappa shape index (κ2) is 5.11. The van der Waals surface area contributed by atoms with Crippen LogP contribution in [0.3, 0.4) is 0 Å². The van der Waals surface area contributed by atoms with E-state index in [0.717, 1.165) is 13.1 Å². The molecule has 1 aromatic rings. The van der Waals surface area contributed by atoms with Gasteiger partial charge in [-0.15, -0.1) is 0 Å². The molecule has 7 nitrogen and oxygen atoms in total. The van der Waals surface area contributed by atoms with E-state index in [-0.39, 0.29) is 10.6 Å². The third-order valence-electron chi connectivity index (χ3n) is 4.21. The fraction of sp³-hybridized carbons (Fsp3) is 0.615. The largest absolute Gasteiger partial charge is 0.364 e. The minimum absolute atomic E-state index is 0.138. The number of aryl methyl sites for hydroxylation is 1. The number of hydrogen-bond acceptors (Lipinski definition) is 4. The average molecular weight is 312 g/mol. The van der Waals surface area contributed by atoms with Crippen LogP contribution in [0.5, 0.6) is 0 Å². The highest BCUT2D eigenvalue weighted by Crippen LogP contribution is 2.28. The maximum Gasteiger partial charge on any atom is 0.265 e. The van der Waals surface area contributed by atoms with Crippen molar-refractivity contribution < 1.29 is 13.2 Å². The predicted molar refractivity (Wildman–Crippen MR) is 77.3 cm³/mol. The summed E-state index contributed by atoms with van der Waals surface area (Å²) in [5.74, 6) is -0.627. The number of carbonyl (C=O) groups excluding carboxylic acids is 1. The normalized spacial score (nSPS) is 21.6. The molecule has 3 rings (SSSR count). The first-order chi connectivity index (χ1) is 9.89. The fourth-order valence-corrected chi connectivity index (χ4v) is 4.31. The molecule has 1 aromatic heterocycles. The van der Waals surface area contributed by atoms with Crippen LogP contribution in [0, 0.1) is 0 Å². The van der Waals surface area contributed by atoms with E-state index in [1.165, 1.54) is 34.0 Å². The van der Waals surface area contributed by atoms with Gasteiger partial charge in [0.1, 0.15) is 10.6 Å². The Labute approximate surface area is 124 Å². The Morgan fingerprint density at radius 1 is 1.24 bits per heavy atom. The zero-order valence-electron chi connectivity index (χ0n) is 12.0. The van der Waals surface area contributed by atoms with Gasteiger partial charge >= 0.3 is 0 Å². The van der Waals surface area contributed by atoms with E-state index >= 15 is 0 Å². The van der Waals surface area contributed by atoms with Gasteiger partial charge in [-0.2, -0.15) is 4.31 Å². The molecule has 2 N–H and O–H groups in total. The summed E-state index contributed by atoms with van der Waals surface area (Å²) in [7, 11) is -1.93. The molecule has 116 valence electrons. The Morgan fingerprint density at radius 2 is 1.86 bits per heavy atom. The standard InChI is InChI=1S/C13H20N4O3S/c1-15-9-11(8-12(15)13(14)18)21(19,20)17-6-4-16(5-7-17)10-2-3-10/h8-10H,2-7H2,1H3,(H2,14,18). The number of amides is 1. The molecule has 2 fully saturated rings. The van der Waals surface area contributed by atoms with Crippen molar-refractivity contribution in [3.8, 4) is 0 Å². The first kappa shape index (κ1) is 14.6. The molecule has 1 amide bonds. The van der Waals surface area contributed by atoms with Crippen LogP contribution >= 0.6 is 0 Å². The molecule has 1 saturated carbocycles. The number of hydrogen-bond donors (Lipinski definition) is 1. The Morgan fingerprint density at radius 3 is 2.33 bits per heavy atom. The minimum atomic E-state index is -3.55. The number of primary amides is 1. The van der Waals surface area contributed by atoms with Crippen molar-refractivity contribution in [2.24, 2.45) is 12.8 Å². The van der Waals surface area contributed by atoms with Crippen LogP contribution in [0.2, 0.25) is 0 Å². The summed E-state index contributed by atoms with van der Waals surface area (Å²) < 4.78 is 28.2. The Kier molecular flexibility index (Phi) is 3.54. The quantitative estimate of drug-likeness (QED) is 0.819. The highest BCUT2D eigenvalue weighted by molar-refractivity contribution is 7.89. The maximum absolute atomic E-state index is 12.6. The van der Waals surface area contributed by atoms with Crippen molar-refractivity contribution in [3.63, 3.8) is 0 Å². The van der Waals surface area contributed by atoms with Crippen molar-refractivity contribution in [1.29, 1.82) is 0 Å². The SMILES string of the molecule is Cn1cc(S(=O)(=O)N2CCN(C3CC3)CC2)cc1C(N)=O. The number of nitrogens with two attached hydrogens (primary N) is 1. The van der Waals surface area contributed by atoms with Gasteiger partial charge in [-0.3, -0.25) is 9.69 Å². The molecule has 0 spiro atoms. The number of rotatable bonds is 4. The van der Waals surface area contributed by atoms with E-state index in [9.17, 15) is 13.2 Å². The molecule has 1 aliphatic heterocycles. The van der Waals surface area contributed by atoms with Crippen LogP contribution in [0.4, 0.5) is 0 Å². The predicted octanol–water partition coefficient (Wildman–Crippen LogP) is -0.407. The zero-order valence-corrected chi connectivity index (χ0v) is 12.8. The lowest BCUT2D eigenvalue weighted by Gasteiger charge is -2.33. The summed E-state index contributed by atoms with van der Waals surface area (Å²) >= 11 is 0. The van der Waals surface area contributed by atoms with E-state index in [1.807, 2.05) is 0 Å². The molecule has 1 saturated heterocycles. The first-order valence-electron chi connectivity index (χ1n) is 7.10. The number of aromatic nitrogens is 1. The lowest BCUT2D eigenvalue weighted by atomic mass is 10.3. The summed E-state index contributed by atoms with van der Waals surface area (Å²) in [5.41, 5.74) is 5.43. The summed E-state index contributed by atoms with van der Waals surface area (Å²) in [5, 5.41) is 0. The maximum atomic E-state index is 12.6. The molecule has 2 heterocycles. The van der Waals surface area contributed by atoms with Crippen LogP contribution in [-0.2, 0) is 17.1 Å². The van der Waals surface area contributed by atoms with Crippen molar-refractivity contribution in [3.05, 3.63) is 18.0 Å². The lowest BCUT2D eigenvalue weighted by molar-refractivity contribution is 0.0992. The van der Waals surface area contributed by atoms with Crippen LogP contribution in [0.25, 0.3) is 0 Å². The Bertz CT molecular complexity index is 655. The zero-order chi connectivity index (χ0) is 15.2. The van der Waals surface area contributed by atoms with Gasteiger partial charge in [0.2, 0.25) is 10.0 Å². The molecule has 8 heteroatoms. The molecule has 0 bridgehead atoms. The molecule has 0 unspecified atom stereocenters. The summed E-state index contributed by atoms with van der Waals surface area (Å²) in [6, 6.07) is 2.01. The second-order valence-corrected chi connectivity index (χ2v) is 7.65. The van der Waals surface area contributed by atoms with E-state index < -0.39 is 15.9 Å². The first-order valence-corrected chi connectivity index (χ1v) is 8.54. The van der Waals surface area contributed by atoms with Gasteiger partial charge in [-0.05, 0) is 18.9 Å². The average Bonchev–Trinajstić information content (AvgIpc) is 3.21. The highest BCUT2D eigenvalue weighted by Gasteiger charge is 2.35. The molecule has 0 atom stereocenters. The van der Waals surface area contributed by atoms with Crippen LogP contribution < -0.4 is 5.73 Å². The van der Waals surface area contributed by atoms with E-state index in [1.54, 1.807) is 7.05 Å². The molecule has 21 heavy (non-hydrogen) atoms. The third-order valence-corrected chi connectivity index (χ3v) is 6.07. The number of nitrogens with zero attached hydrogens (tertiary/aromatic N) is 3. The smallest absolute Gasteiger partial charge is 0.265 e. The topological polar surface area (TPSA) is 88.6 Å². The van der Waals surface area contributed by atoms with Crippen molar-refractivity contribution >= 4 is 15.9 Å². The number of piperazine rings is 1. The van der Waals surface area contributed by atoms with Crippen molar-refractivity contribution in [2.45, 2.75) is 23.8 Å². The molecule has 0 aromatic carbocycles. The van der Waals surface area contributed by atoms with E-state index in [0.29, 0.717) is 19.1 Å². The minimum Gasteiger partial charge on any atom is -0.364 e. The lowest BCUT2D eigenvalue weighted by Crippen LogP contribution is -2.49. The highest BCUT2D eigenvalue weighted by atomic mass is 32.2. The summed E-state index contributed by atoms with van der Waals surface area (Å²) in [6.07, 6.45) is 3.91.